The number of aryl methyl sites for hydroxylation is 2. The molecule has 2 N–H and O–H groups in total. The molecule has 1 aliphatic heterocycles. The number of carboxylic acid groups (broad SMARTS) is 1. The van der Waals surface area contributed by atoms with Gasteiger partial charge in [0.1, 0.15) is 17.6 Å². The topological polar surface area (TPSA) is 78.6 Å². The lowest BCUT2D eigenvalue weighted by Crippen LogP contribution is -2.29. The van der Waals surface area contributed by atoms with Gasteiger partial charge in [0.15, 0.2) is 5.11 Å². The van der Waals surface area contributed by atoms with Crippen LogP contribution in [0.3, 0.4) is 0 Å². The molecule has 2 aromatic carbocycles. The van der Waals surface area contributed by atoms with Crippen LogP contribution in [-0.2, 0) is 0 Å². The first-order valence-corrected chi connectivity index (χ1v) is 11.3. The van der Waals surface area contributed by atoms with E-state index in [9.17, 15) is 9.90 Å². The fraction of sp³-hybridized carbons (Fsp3) is 0.148. The number of pyridine rings is 1. The summed E-state index contributed by atoms with van der Waals surface area (Å²) in [6.45, 7) is 3.93. The van der Waals surface area contributed by atoms with Gasteiger partial charge in [0.2, 0.25) is 0 Å². The molecule has 7 heteroatoms. The second-order valence-corrected chi connectivity index (χ2v) is 8.76. The molecule has 170 valence electrons. The number of benzene rings is 2. The fourth-order valence-corrected chi connectivity index (χ4v) is 4.78. The molecule has 6 nitrogen and oxygen atoms in total. The average Bonchev–Trinajstić information content (AvgIpc) is 3.44. The van der Waals surface area contributed by atoms with Gasteiger partial charge in [0.25, 0.3) is 0 Å². The number of carbonyl (C=O) groups is 1. The number of nitrogens with zero attached hydrogens (tertiary/aromatic N) is 2. The van der Waals surface area contributed by atoms with Gasteiger partial charge >= 0.3 is 5.97 Å². The minimum absolute atomic E-state index is 0.205. The van der Waals surface area contributed by atoms with Gasteiger partial charge in [-0.05, 0) is 85.7 Å². The largest absolute Gasteiger partial charge is 0.478 e. The lowest BCUT2D eigenvalue weighted by atomic mass is 10.0. The van der Waals surface area contributed by atoms with E-state index in [0.717, 1.165) is 33.8 Å². The number of aromatic nitrogens is 1. The number of anilines is 1. The Bertz CT molecular complexity index is 1380. The molecule has 0 saturated carbocycles. The summed E-state index contributed by atoms with van der Waals surface area (Å²) in [6.07, 6.45) is 1.77. The van der Waals surface area contributed by atoms with Crippen molar-refractivity contribution in [1.82, 2.24) is 10.3 Å². The molecule has 0 aliphatic carbocycles. The molecule has 0 spiro atoms. The van der Waals surface area contributed by atoms with Crippen LogP contribution in [0.4, 0.5) is 5.69 Å². The van der Waals surface area contributed by atoms with Gasteiger partial charge in [0, 0.05) is 17.4 Å². The molecule has 2 aromatic heterocycles. The molecule has 2 atom stereocenters. The molecule has 0 unspecified atom stereocenters. The quantitative estimate of drug-likeness (QED) is 0.356. The van der Waals surface area contributed by atoms with Crippen molar-refractivity contribution in [2.75, 3.05) is 4.90 Å². The van der Waals surface area contributed by atoms with Crippen molar-refractivity contribution in [3.05, 3.63) is 107 Å². The third kappa shape index (κ3) is 3.95. The normalized spacial score (nSPS) is 17.6. The van der Waals surface area contributed by atoms with E-state index in [4.69, 9.17) is 16.6 Å². The van der Waals surface area contributed by atoms with Gasteiger partial charge in [-0.1, -0.05) is 24.3 Å². The first kappa shape index (κ1) is 21.9. The lowest BCUT2D eigenvalue weighted by molar-refractivity contribution is 0.0697. The zero-order valence-electron chi connectivity index (χ0n) is 18.7. The predicted octanol–water partition coefficient (Wildman–Crippen LogP) is 5.83. The first-order chi connectivity index (χ1) is 16.4. The van der Waals surface area contributed by atoms with E-state index in [1.165, 1.54) is 0 Å². The van der Waals surface area contributed by atoms with Crippen LogP contribution in [0.1, 0.15) is 45.0 Å². The van der Waals surface area contributed by atoms with E-state index >= 15 is 0 Å². The summed E-state index contributed by atoms with van der Waals surface area (Å²) < 4.78 is 6.40. The van der Waals surface area contributed by atoms with Crippen LogP contribution in [0, 0.1) is 13.8 Å². The highest BCUT2D eigenvalue weighted by molar-refractivity contribution is 7.80. The summed E-state index contributed by atoms with van der Waals surface area (Å²) in [5.74, 6) is 0.458. The Labute approximate surface area is 202 Å². The Morgan fingerprint density at radius 2 is 1.91 bits per heavy atom. The van der Waals surface area contributed by atoms with Gasteiger partial charge in [-0.2, -0.15) is 0 Å². The zero-order chi connectivity index (χ0) is 23.8. The number of hydrogen-bond acceptors (Lipinski definition) is 4. The average molecular weight is 470 g/mol. The molecule has 1 fully saturated rings. The molecule has 3 heterocycles. The number of furan rings is 1. The number of carboxylic acids is 1. The van der Waals surface area contributed by atoms with E-state index in [1.807, 2.05) is 49.4 Å². The van der Waals surface area contributed by atoms with Crippen LogP contribution in [0.5, 0.6) is 0 Å². The van der Waals surface area contributed by atoms with Gasteiger partial charge in [-0.3, -0.25) is 4.98 Å². The van der Waals surface area contributed by atoms with Gasteiger partial charge in [-0.15, -0.1) is 0 Å². The van der Waals surface area contributed by atoms with Crippen molar-refractivity contribution in [2.24, 2.45) is 0 Å². The third-order valence-electron chi connectivity index (χ3n) is 6.04. The van der Waals surface area contributed by atoms with E-state index in [0.29, 0.717) is 10.9 Å². The third-order valence-corrected chi connectivity index (χ3v) is 6.35. The second-order valence-electron chi connectivity index (χ2n) is 8.37. The highest BCUT2D eigenvalue weighted by atomic mass is 32.1. The maximum absolute atomic E-state index is 11.3. The SMILES string of the molecule is Cc1cccc(N2C(=S)N[C@@H](c3ccccn3)[C@@H]2c2ccc(-c3ccc(C(=O)O)cc3C)o2)c1. The lowest BCUT2D eigenvalue weighted by Gasteiger charge is -2.26. The summed E-state index contributed by atoms with van der Waals surface area (Å²) in [5, 5.41) is 13.3. The van der Waals surface area contributed by atoms with Crippen LogP contribution in [-0.4, -0.2) is 21.2 Å². The zero-order valence-corrected chi connectivity index (χ0v) is 19.5. The van der Waals surface area contributed by atoms with Crippen molar-refractivity contribution < 1.29 is 14.3 Å². The Morgan fingerprint density at radius 1 is 1.06 bits per heavy atom. The molecule has 0 bridgehead atoms. The highest BCUT2D eigenvalue weighted by Gasteiger charge is 2.42. The number of rotatable bonds is 5. The van der Waals surface area contributed by atoms with Crippen molar-refractivity contribution in [3.63, 3.8) is 0 Å². The number of hydrogen-bond donors (Lipinski definition) is 2. The van der Waals surface area contributed by atoms with Crippen molar-refractivity contribution in [3.8, 4) is 11.3 Å². The van der Waals surface area contributed by atoms with Gasteiger partial charge < -0.3 is 19.7 Å². The molecule has 4 aromatic rings. The number of thiocarbonyl (C=S) groups is 1. The Hall–Kier alpha value is -3.97. The molecular weight excluding hydrogens is 446 g/mol. The predicted molar refractivity (Wildman–Crippen MR) is 135 cm³/mol. The van der Waals surface area contributed by atoms with E-state index in [-0.39, 0.29) is 17.6 Å². The maximum Gasteiger partial charge on any atom is 0.335 e. The Kier molecular flexibility index (Phi) is 5.63. The summed E-state index contributed by atoms with van der Waals surface area (Å²) in [5.41, 5.74) is 4.90. The van der Waals surface area contributed by atoms with Crippen LogP contribution < -0.4 is 10.2 Å². The van der Waals surface area contributed by atoms with Crippen LogP contribution in [0.15, 0.2) is 83.4 Å². The smallest absolute Gasteiger partial charge is 0.335 e. The molecule has 0 radical (unpaired) electrons. The van der Waals surface area contributed by atoms with Crippen molar-refractivity contribution >= 4 is 29.0 Å². The minimum Gasteiger partial charge on any atom is -0.478 e. The molecule has 34 heavy (non-hydrogen) atoms. The van der Waals surface area contributed by atoms with Crippen LogP contribution in [0.2, 0.25) is 0 Å². The molecule has 1 aliphatic rings. The van der Waals surface area contributed by atoms with Gasteiger partial charge in [0.05, 0.1) is 17.3 Å². The summed E-state index contributed by atoms with van der Waals surface area (Å²) in [4.78, 5) is 18.0. The molecular formula is C27H23N3O3S. The second kappa shape index (κ2) is 8.76. The highest BCUT2D eigenvalue weighted by Crippen LogP contribution is 2.43. The van der Waals surface area contributed by atoms with Gasteiger partial charge in [-0.25, -0.2) is 4.79 Å². The van der Waals surface area contributed by atoms with Crippen molar-refractivity contribution in [2.45, 2.75) is 25.9 Å². The first-order valence-electron chi connectivity index (χ1n) is 10.9. The van der Waals surface area contributed by atoms with Crippen LogP contribution in [0.25, 0.3) is 11.3 Å². The molecule has 5 rings (SSSR count). The standard InChI is InChI=1S/C27H23N3O3S/c1-16-6-5-7-19(14-16)30-25(24(29-27(30)34)21-8-3-4-13-28-21)23-12-11-22(33-23)20-10-9-18(26(31)32)15-17(20)2/h3-15,24-25H,1-2H3,(H,29,34)(H,31,32)/t24-,25-/m0/s1. The summed E-state index contributed by atoms with van der Waals surface area (Å²) in [6, 6.07) is 22.5. The number of nitrogens with one attached hydrogen (secondary N) is 1. The fourth-order valence-electron chi connectivity index (χ4n) is 4.43. The van der Waals surface area contributed by atoms with E-state index in [1.54, 1.807) is 24.4 Å². The molecule has 1 saturated heterocycles. The van der Waals surface area contributed by atoms with E-state index < -0.39 is 5.97 Å². The summed E-state index contributed by atoms with van der Waals surface area (Å²) >= 11 is 5.77. The summed E-state index contributed by atoms with van der Waals surface area (Å²) in [7, 11) is 0. The van der Waals surface area contributed by atoms with E-state index in [2.05, 4.69) is 34.3 Å². The Morgan fingerprint density at radius 3 is 2.62 bits per heavy atom. The number of aromatic carboxylic acids is 1. The van der Waals surface area contributed by atoms with Crippen molar-refractivity contribution in [1.29, 1.82) is 0 Å². The monoisotopic (exact) mass is 469 g/mol. The molecule has 0 amide bonds. The van der Waals surface area contributed by atoms with Crippen LogP contribution >= 0.6 is 12.2 Å². The maximum atomic E-state index is 11.3. The Balaban J connectivity index is 1.59. The minimum atomic E-state index is -0.952.